The number of alkyl halides is 3. The maximum absolute atomic E-state index is 14.2. The van der Waals surface area contributed by atoms with Crippen LogP contribution in [-0.2, 0) is 9.53 Å². The Kier molecular flexibility index (Phi) is 7.89. The lowest BCUT2D eigenvalue weighted by Gasteiger charge is -2.36. The van der Waals surface area contributed by atoms with Gasteiger partial charge >= 0.3 is 12.1 Å². The van der Waals surface area contributed by atoms with Crippen LogP contribution < -0.4 is 9.47 Å². The minimum Gasteiger partial charge on any atom is -0.492 e. The first-order chi connectivity index (χ1) is 18.2. The van der Waals surface area contributed by atoms with Crippen LogP contribution in [-0.4, -0.2) is 55.5 Å². The maximum atomic E-state index is 14.2. The van der Waals surface area contributed by atoms with Gasteiger partial charge < -0.3 is 14.2 Å². The molecule has 5 rings (SSSR count). The molecule has 0 spiro atoms. The van der Waals surface area contributed by atoms with E-state index in [1.807, 2.05) is 12.1 Å². The van der Waals surface area contributed by atoms with Crippen molar-refractivity contribution in [2.75, 3.05) is 20.3 Å². The SMILES string of the molecule is C=C1/C=C\C(C(F)(F)F)=C(\CN2C3CCCC2CC3)CCC[C@H]1Oc1ccc2c(c1)OC[C@H]2CC(=O)OC. The van der Waals surface area contributed by atoms with E-state index in [0.29, 0.717) is 67.1 Å². The normalized spacial score (nSPS) is 30.6. The van der Waals surface area contributed by atoms with Gasteiger partial charge in [-0.1, -0.05) is 25.1 Å². The number of benzene rings is 1. The van der Waals surface area contributed by atoms with Gasteiger partial charge in [-0.2, -0.15) is 13.2 Å². The molecule has 0 saturated carbocycles. The van der Waals surface area contributed by atoms with E-state index >= 15 is 0 Å². The second-order valence-electron chi connectivity index (χ2n) is 10.9. The number of carbonyl (C=O) groups excluding carboxylic acids is 1. The molecule has 0 N–H and O–H groups in total. The summed E-state index contributed by atoms with van der Waals surface area (Å²) in [6, 6.07) is 6.30. The van der Waals surface area contributed by atoms with Gasteiger partial charge in [-0.05, 0) is 68.2 Å². The summed E-state index contributed by atoms with van der Waals surface area (Å²) in [5, 5.41) is 0. The summed E-state index contributed by atoms with van der Waals surface area (Å²) in [6.07, 6.45) is 5.10. The average molecular weight is 532 g/mol. The molecule has 2 unspecified atom stereocenters. The second kappa shape index (κ2) is 11.2. The van der Waals surface area contributed by atoms with Gasteiger partial charge in [0.25, 0.3) is 0 Å². The van der Waals surface area contributed by atoms with E-state index in [1.54, 1.807) is 6.07 Å². The molecule has 1 aromatic rings. The van der Waals surface area contributed by atoms with Gasteiger partial charge in [0, 0.05) is 36.2 Å². The molecule has 4 aliphatic rings. The van der Waals surface area contributed by atoms with Crippen molar-refractivity contribution in [3.05, 3.63) is 59.2 Å². The Hall–Kier alpha value is -2.74. The Balaban J connectivity index is 1.30. The first-order valence-corrected chi connectivity index (χ1v) is 13.6. The number of esters is 1. The minimum atomic E-state index is -4.42. The molecule has 4 atom stereocenters. The number of hydrogen-bond donors (Lipinski definition) is 0. The van der Waals surface area contributed by atoms with Gasteiger partial charge in [0.15, 0.2) is 0 Å². The van der Waals surface area contributed by atoms with E-state index in [2.05, 4.69) is 11.5 Å². The van der Waals surface area contributed by atoms with Crippen LogP contribution in [0.5, 0.6) is 11.5 Å². The summed E-state index contributed by atoms with van der Waals surface area (Å²) in [6.45, 7) is 4.84. The zero-order valence-corrected chi connectivity index (χ0v) is 21.9. The van der Waals surface area contributed by atoms with Crippen molar-refractivity contribution in [1.82, 2.24) is 4.90 Å². The Morgan fingerprint density at radius 1 is 1.11 bits per heavy atom. The van der Waals surface area contributed by atoms with Gasteiger partial charge in [-0.3, -0.25) is 9.69 Å². The fourth-order valence-corrected chi connectivity index (χ4v) is 6.48. The molecule has 38 heavy (non-hydrogen) atoms. The number of fused-ring (bicyclic) bond motifs is 3. The third kappa shape index (κ3) is 5.80. The van der Waals surface area contributed by atoms with E-state index in [0.717, 1.165) is 31.2 Å². The molecule has 8 heteroatoms. The molecule has 206 valence electrons. The highest BCUT2D eigenvalue weighted by Gasteiger charge is 2.40. The standard InChI is InChI=1S/C30H36F3NO4/c1-19-9-14-26(30(31,32)33)20(17-34-22-6-4-7-23(34)11-10-22)5-3-8-27(19)38-24-12-13-25-21(15-29(35)36-2)18-37-28(25)16-24/h9,12-14,16,21-23,27H,1,3-8,10-11,15,17-18H2,2H3/b14-9-,26-20-/t21-,22?,23?,27-/m1/s1. The monoisotopic (exact) mass is 531 g/mol. The molecule has 0 aromatic heterocycles. The van der Waals surface area contributed by atoms with E-state index in [-0.39, 0.29) is 18.3 Å². The number of carbonyl (C=O) groups is 1. The topological polar surface area (TPSA) is 48.0 Å². The van der Waals surface area contributed by atoms with Crippen molar-refractivity contribution in [3.8, 4) is 11.5 Å². The third-order valence-electron chi connectivity index (χ3n) is 8.51. The first-order valence-electron chi connectivity index (χ1n) is 13.6. The summed E-state index contributed by atoms with van der Waals surface area (Å²) in [5.41, 5.74) is 1.37. The quantitative estimate of drug-likeness (QED) is 0.385. The van der Waals surface area contributed by atoms with Gasteiger partial charge in [-0.25, -0.2) is 0 Å². The molecular formula is C30H36F3NO4. The highest BCUT2D eigenvalue weighted by atomic mass is 19.4. The fourth-order valence-electron chi connectivity index (χ4n) is 6.48. The zero-order valence-electron chi connectivity index (χ0n) is 21.9. The predicted molar refractivity (Wildman–Crippen MR) is 138 cm³/mol. The lowest BCUT2D eigenvalue weighted by molar-refractivity contribution is -0.141. The molecule has 5 nitrogen and oxygen atoms in total. The van der Waals surface area contributed by atoms with Gasteiger partial charge in [0.2, 0.25) is 0 Å². The molecule has 2 saturated heterocycles. The number of halogens is 3. The largest absolute Gasteiger partial charge is 0.492 e. The summed E-state index contributed by atoms with van der Waals surface area (Å²) < 4.78 is 59.4. The molecule has 1 aliphatic carbocycles. The zero-order chi connectivity index (χ0) is 26.9. The van der Waals surface area contributed by atoms with Crippen molar-refractivity contribution in [3.63, 3.8) is 0 Å². The smallest absolute Gasteiger partial charge is 0.416 e. The molecule has 0 amide bonds. The van der Waals surface area contributed by atoms with Crippen LogP contribution in [0.1, 0.15) is 69.3 Å². The predicted octanol–water partition coefficient (Wildman–Crippen LogP) is 6.65. The Morgan fingerprint density at radius 3 is 2.58 bits per heavy atom. The Labute approximate surface area is 222 Å². The highest BCUT2D eigenvalue weighted by molar-refractivity contribution is 5.71. The number of hydrogen-bond acceptors (Lipinski definition) is 5. The van der Waals surface area contributed by atoms with Crippen LogP contribution in [0.4, 0.5) is 13.2 Å². The van der Waals surface area contributed by atoms with E-state index in [9.17, 15) is 18.0 Å². The number of methoxy groups -OCH3 is 1. The summed E-state index contributed by atoms with van der Waals surface area (Å²) >= 11 is 0. The molecule has 3 heterocycles. The van der Waals surface area contributed by atoms with Crippen molar-refractivity contribution < 1.29 is 32.2 Å². The van der Waals surface area contributed by atoms with Gasteiger partial charge in [-0.15, -0.1) is 0 Å². The highest BCUT2D eigenvalue weighted by Crippen LogP contribution is 2.41. The maximum Gasteiger partial charge on any atom is 0.416 e. The molecule has 3 aliphatic heterocycles. The van der Waals surface area contributed by atoms with Gasteiger partial charge in [0.1, 0.15) is 17.6 Å². The van der Waals surface area contributed by atoms with Crippen LogP contribution >= 0.6 is 0 Å². The van der Waals surface area contributed by atoms with E-state index in [4.69, 9.17) is 14.2 Å². The Bertz CT molecular complexity index is 1110. The second-order valence-corrected chi connectivity index (χ2v) is 10.9. The lowest BCUT2D eigenvalue weighted by Crippen LogP contribution is -2.41. The summed E-state index contributed by atoms with van der Waals surface area (Å²) in [4.78, 5) is 14.0. The molecule has 1 aromatic carbocycles. The third-order valence-corrected chi connectivity index (χ3v) is 8.51. The molecular weight excluding hydrogens is 495 g/mol. The van der Waals surface area contributed by atoms with Crippen molar-refractivity contribution in [1.29, 1.82) is 0 Å². The van der Waals surface area contributed by atoms with Crippen LogP contribution in [0.3, 0.4) is 0 Å². The molecule has 2 bridgehead atoms. The van der Waals surface area contributed by atoms with Gasteiger partial charge in [0.05, 0.1) is 25.7 Å². The first kappa shape index (κ1) is 26.9. The van der Waals surface area contributed by atoms with Crippen LogP contribution in [0.25, 0.3) is 0 Å². The fraction of sp³-hybridized carbons (Fsp3) is 0.567. The number of rotatable bonds is 6. The number of nitrogens with zero attached hydrogens (tertiary/aromatic N) is 1. The van der Waals surface area contributed by atoms with Crippen LogP contribution in [0.2, 0.25) is 0 Å². The summed E-state index contributed by atoms with van der Waals surface area (Å²) in [7, 11) is 1.36. The van der Waals surface area contributed by atoms with Crippen molar-refractivity contribution >= 4 is 5.97 Å². The number of piperidine rings is 1. The number of allylic oxidation sites excluding steroid dienone is 2. The Morgan fingerprint density at radius 2 is 1.87 bits per heavy atom. The van der Waals surface area contributed by atoms with Crippen LogP contribution in [0.15, 0.2) is 53.6 Å². The molecule has 0 radical (unpaired) electrons. The summed E-state index contributed by atoms with van der Waals surface area (Å²) in [5.74, 6) is 0.852. The van der Waals surface area contributed by atoms with E-state index < -0.39 is 17.9 Å². The minimum absolute atomic E-state index is 0.0743. The molecule has 2 fully saturated rings. The van der Waals surface area contributed by atoms with Crippen LogP contribution in [0, 0.1) is 0 Å². The lowest BCUT2D eigenvalue weighted by atomic mass is 9.97. The van der Waals surface area contributed by atoms with E-state index in [1.165, 1.54) is 25.7 Å². The van der Waals surface area contributed by atoms with Crippen molar-refractivity contribution in [2.24, 2.45) is 0 Å². The number of ether oxygens (including phenoxy) is 3. The van der Waals surface area contributed by atoms with Crippen molar-refractivity contribution in [2.45, 2.75) is 88.1 Å². The average Bonchev–Trinajstić information content (AvgIpc) is 3.37.